The molecule has 1 saturated heterocycles. The molecule has 0 aliphatic carbocycles. The Bertz CT molecular complexity index is 4330. The molecule has 0 amide bonds. The van der Waals surface area contributed by atoms with Gasteiger partial charge in [-0.2, -0.15) is 77.2 Å². The van der Waals surface area contributed by atoms with Gasteiger partial charge in [-0.3, -0.25) is 27.5 Å². The summed E-state index contributed by atoms with van der Waals surface area (Å²) in [5, 5.41) is 62.5. The van der Waals surface area contributed by atoms with E-state index in [1.807, 2.05) is 13.8 Å². The second-order valence-corrected chi connectivity index (χ2v) is 26.8. The molecular weight excluding hydrogens is 1650 g/mol. The Morgan fingerprint density at radius 1 is 0.606 bits per heavy atom. The summed E-state index contributed by atoms with van der Waals surface area (Å²) in [6, 6.07) is 31.8. The number of alkyl halides is 1. The summed E-state index contributed by atoms with van der Waals surface area (Å²) < 4.78 is 70.0. The normalized spacial score (nSPS) is 13.4. The minimum absolute atomic E-state index is 0. The van der Waals surface area contributed by atoms with Gasteiger partial charge < -0.3 is 31.3 Å². The summed E-state index contributed by atoms with van der Waals surface area (Å²) in [5.74, 6) is -1.69. The number of aliphatic hydroxyl groups is 2. The maximum absolute atomic E-state index is 12.5. The van der Waals surface area contributed by atoms with Crippen LogP contribution in [0.4, 0.5) is 0 Å². The number of H-pyrrole nitrogens is 1. The first-order valence-electron chi connectivity index (χ1n) is 28.2. The van der Waals surface area contributed by atoms with Crippen LogP contribution in [0.2, 0.25) is 40.2 Å². The molecule has 1 aliphatic rings. The molecule has 10 aromatic rings. The second kappa shape index (κ2) is 49.7. The van der Waals surface area contributed by atoms with Gasteiger partial charge in [-0.1, -0.05) is 165 Å². The molecule has 1 fully saturated rings. The third-order valence-corrected chi connectivity index (χ3v) is 17.7. The molecule has 1 aliphatic heterocycles. The van der Waals surface area contributed by atoms with E-state index >= 15 is 0 Å². The molecule has 6 aromatic carbocycles. The molecule has 3 N–H and O–H groups in total. The fourth-order valence-corrected chi connectivity index (χ4v) is 11.9. The van der Waals surface area contributed by atoms with Crippen LogP contribution in [0.5, 0.6) is 0 Å². The number of ketones is 3. The van der Waals surface area contributed by atoms with Gasteiger partial charge in [0.2, 0.25) is 5.79 Å². The van der Waals surface area contributed by atoms with Crippen molar-refractivity contribution in [3.05, 3.63) is 244 Å². The number of halogens is 9. The zero-order chi connectivity index (χ0) is 73.4. The number of nitrogens with one attached hydrogen (secondary N) is 1. The van der Waals surface area contributed by atoms with Crippen LogP contribution >= 0.6 is 109 Å². The SMILES string of the molecule is C.C.Cc1ccc(S(=O)(=O)OCC(O)CO)cc1.Cc1ccc(S(=O)(=O)OC[C@@H]2CO[C@@](Cn3nccn3)(c3ccc(Cl)cc3Cl)O2)cc1.O=C(CBr)c1ccc(Cl)cc1Cl.O=C(Cn1nccn1)c1ccc(Cl)cc1Cl.O=C(Cn1nccn1)c1ccc(Cl)cc1Cl.O=CO[O-].[H-].[Na+].[Na+].c1cn[nH]n1. The van der Waals surface area contributed by atoms with Crippen LogP contribution in [0.3, 0.4) is 0 Å². The van der Waals surface area contributed by atoms with E-state index in [1.54, 1.807) is 97.3 Å². The number of aromatic amines is 1. The Balaban J connectivity index is 0.00000128. The molecule has 104 heavy (non-hydrogen) atoms. The zero-order valence-electron chi connectivity index (χ0n) is 54.8. The van der Waals surface area contributed by atoms with Crippen molar-refractivity contribution < 1.29 is 135 Å². The van der Waals surface area contributed by atoms with Crippen molar-refractivity contribution in [2.24, 2.45) is 0 Å². The Morgan fingerprint density at radius 3 is 1.32 bits per heavy atom. The number of carbonyl (C=O) groups is 4. The smallest absolute Gasteiger partial charge is 1.00 e. The number of carbonyl (C=O) groups excluding carboxylic acids is 4. The van der Waals surface area contributed by atoms with E-state index in [4.69, 9.17) is 127 Å². The van der Waals surface area contributed by atoms with Gasteiger partial charge in [-0.05, 0) is 105 Å². The Labute approximate surface area is 693 Å². The number of hydrogen-bond acceptors (Lipinski definition) is 24. The molecule has 4 aromatic heterocycles. The number of aliphatic hydroxyl groups excluding tert-OH is 2. The quantitative estimate of drug-likeness (QED) is 0.0146. The topological polar surface area (TPSA) is 380 Å². The molecule has 28 nitrogen and oxygen atoms in total. The number of hydrogen-bond donors (Lipinski definition) is 3. The molecule has 3 atom stereocenters. The molecule has 41 heteroatoms. The zero-order valence-corrected chi connectivity index (χ0v) is 67.1. The number of aryl methyl sites for hydroxylation is 2. The molecule has 0 radical (unpaired) electrons. The van der Waals surface area contributed by atoms with E-state index < -0.39 is 51.4 Å². The van der Waals surface area contributed by atoms with E-state index in [0.29, 0.717) is 62.4 Å². The van der Waals surface area contributed by atoms with Crippen LogP contribution < -0.4 is 64.4 Å². The molecule has 1 unspecified atom stereocenters. The first-order chi connectivity index (χ1) is 47.6. The fraction of sp³-hybridized carbons (Fsp3) is 0.238. The van der Waals surface area contributed by atoms with Gasteiger partial charge in [-0.25, -0.2) is 0 Å². The molecule has 0 spiro atoms. The van der Waals surface area contributed by atoms with Crippen molar-refractivity contribution in [2.45, 2.75) is 76.1 Å². The number of benzene rings is 6. The van der Waals surface area contributed by atoms with Crippen molar-refractivity contribution >= 4 is 153 Å². The second-order valence-electron chi connectivity index (χ2n) is 19.7. The average molecular weight is 1720 g/mol. The molecule has 11 rings (SSSR count). The molecule has 0 saturated carbocycles. The Kier molecular flexibility index (Phi) is 46.2. The predicted octanol–water partition coefficient (Wildman–Crippen LogP) is 5.76. The van der Waals surface area contributed by atoms with Crippen molar-refractivity contribution in [3.63, 3.8) is 0 Å². The summed E-state index contributed by atoms with van der Waals surface area (Å²) in [6.45, 7) is 2.63. The predicted molar refractivity (Wildman–Crippen MR) is 385 cm³/mol. The molecule has 5 heterocycles. The van der Waals surface area contributed by atoms with E-state index in [2.05, 4.69) is 71.0 Å². The maximum Gasteiger partial charge on any atom is 1.00 e. The summed E-state index contributed by atoms with van der Waals surface area (Å²) in [5.41, 5.74) is 3.75. The van der Waals surface area contributed by atoms with E-state index in [0.717, 1.165) is 11.1 Å². The summed E-state index contributed by atoms with van der Waals surface area (Å²) in [6.07, 6.45) is 10.4. The van der Waals surface area contributed by atoms with E-state index in [-0.39, 0.29) is 147 Å². The van der Waals surface area contributed by atoms with Crippen LogP contribution in [-0.2, 0) is 73.2 Å². The minimum Gasteiger partial charge on any atom is -1.00 e. The van der Waals surface area contributed by atoms with Gasteiger partial charge in [-0.15, -0.1) is 0 Å². The number of rotatable bonds is 21. The Morgan fingerprint density at radius 2 is 0.971 bits per heavy atom. The third-order valence-electron chi connectivity index (χ3n) is 12.4. The number of ether oxygens (including phenoxy) is 2. The third kappa shape index (κ3) is 33.1. The van der Waals surface area contributed by atoms with Gasteiger partial charge in [0.25, 0.3) is 26.7 Å². The summed E-state index contributed by atoms with van der Waals surface area (Å²) in [7, 11) is -7.79. The van der Waals surface area contributed by atoms with Crippen molar-refractivity contribution in [2.75, 3.05) is 31.8 Å². The van der Waals surface area contributed by atoms with Crippen LogP contribution in [0.25, 0.3) is 0 Å². The summed E-state index contributed by atoms with van der Waals surface area (Å²) in [4.78, 5) is 50.2. The van der Waals surface area contributed by atoms with Crippen LogP contribution in [0.1, 0.15) is 64.0 Å². The van der Waals surface area contributed by atoms with Crippen LogP contribution in [0.15, 0.2) is 181 Å². The molecule has 550 valence electrons. The monoisotopic (exact) mass is 1710 g/mol. The van der Waals surface area contributed by atoms with Gasteiger partial charge in [0.1, 0.15) is 31.8 Å². The van der Waals surface area contributed by atoms with Crippen molar-refractivity contribution in [3.8, 4) is 0 Å². The first-order valence-corrected chi connectivity index (χ1v) is 35.1. The minimum atomic E-state index is -3.94. The number of nitrogens with zero attached hydrogens (tertiary/aromatic N) is 11. The number of Topliss-reactive ketones (excluding diaryl/α,β-unsaturated/α-hetero) is 3. The van der Waals surface area contributed by atoms with E-state index in [9.17, 15) is 31.2 Å². The number of aromatic nitrogens is 12. The average Bonchev–Trinajstić information content (AvgIpc) is 1.65. The standard InChI is InChI=1S/C20H19Cl2N3O5S.2C10H7Cl2N3O.C10H14O5S.C8H5BrCl2O.C2H3N3.CH2O3.2CH4.2Na.H/c1-14-2-5-17(6-3-14)31(26,27)29-12-16-11-28-20(30-16,13-25-23-8-9-24-25)18-7-4-15(21)10-19(18)22;2*11-7-1-2-8(9(12)5-7)10(16)6-15-13-3-4-14-15;1-8-2-4-10(5-3-8)16(13,14)15-7-9(12)6-11;9-4-8(12)6-2-1-5(10)3-7(6)11;1-2-4-5-3-1;2-1-4-3;;;;;/h2-10,16H,11-13H2,1H3;2*1-5H,6H2;2-5,9,11-12H,6-7H2,1H3;1-3H,4H2;1-2H,(H,3,4,5);1,3H;2*1H4;;;/q;;;;;;;;;2*+1;-1/p-1/t16-,20+;;;;;;;;;;;/m0.........../s1. The van der Waals surface area contributed by atoms with Gasteiger partial charge >= 0.3 is 59.1 Å². The van der Waals surface area contributed by atoms with Gasteiger partial charge in [0.05, 0.1) is 111 Å². The molecular formula is C63H65BrCl8N12Na2O16S2. The van der Waals surface area contributed by atoms with Crippen LogP contribution in [-0.4, -0.2) is 155 Å². The Hall–Kier alpha value is -5.22. The van der Waals surface area contributed by atoms with Crippen LogP contribution in [0, 0.1) is 13.8 Å². The molecule has 0 bridgehead atoms. The summed E-state index contributed by atoms with van der Waals surface area (Å²) >= 11 is 50.2. The van der Waals surface area contributed by atoms with Gasteiger partial charge in [0, 0.05) is 42.3 Å². The fourth-order valence-electron chi connectivity index (χ4n) is 7.66. The van der Waals surface area contributed by atoms with Crippen molar-refractivity contribution in [1.29, 1.82) is 0 Å². The van der Waals surface area contributed by atoms with Gasteiger partial charge in [0.15, 0.2) is 17.3 Å². The largest absolute Gasteiger partial charge is 1.00 e. The van der Waals surface area contributed by atoms with Crippen molar-refractivity contribution in [1.82, 2.24) is 60.4 Å². The van der Waals surface area contributed by atoms with E-state index in [1.165, 1.54) is 88.0 Å². The maximum atomic E-state index is 12.5. The first kappa shape index (κ1) is 96.8.